The summed E-state index contributed by atoms with van der Waals surface area (Å²) in [5.41, 5.74) is 0. The predicted octanol–water partition coefficient (Wildman–Crippen LogP) is 6.99. The largest absolute Gasteiger partial charge is 0.457 e. The van der Waals surface area contributed by atoms with Crippen molar-refractivity contribution >= 4 is 20.0 Å². The van der Waals surface area contributed by atoms with Crippen molar-refractivity contribution in [3.63, 3.8) is 0 Å². The summed E-state index contributed by atoms with van der Waals surface area (Å²) in [6.45, 7) is 3.51. The lowest BCUT2D eigenvalue weighted by molar-refractivity contribution is 0.0534. The topological polar surface area (TPSA) is 142 Å². The Balaban J connectivity index is 2.15. The van der Waals surface area contributed by atoms with E-state index in [1.807, 2.05) is 0 Å². The Kier molecular flexibility index (Phi) is 24.8. The Bertz CT molecular complexity index is 995. The molecule has 1 aromatic heterocycles. The number of hydrogen-bond acceptors (Lipinski definition) is 9. The molecule has 1 rings (SSSR count). The zero-order chi connectivity index (χ0) is 32.2. The van der Waals surface area contributed by atoms with E-state index in [4.69, 9.17) is 18.8 Å². The van der Waals surface area contributed by atoms with Gasteiger partial charge in [-0.15, -0.1) is 0 Å². The van der Waals surface area contributed by atoms with Crippen molar-refractivity contribution in [2.24, 2.45) is 0 Å². The molecule has 0 saturated carbocycles. The summed E-state index contributed by atoms with van der Waals surface area (Å²) < 4.78 is 72.6. The normalized spacial score (nSPS) is 12.9. The van der Waals surface area contributed by atoms with Gasteiger partial charge in [0.2, 0.25) is 0 Å². The number of ether oxygens (including phenoxy) is 3. The maximum atomic E-state index is 12.7. The first-order chi connectivity index (χ1) is 21.2. The van der Waals surface area contributed by atoms with Crippen LogP contribution in [0, 0.1) is 0 Å². The molecule has 0 bridgehead atoms. The van der Waals surface area contributed by atoms with Gasteiger partial charge in [0.05, 0.1) is 23.9 Å². The van der Waals surface area contributed by atoms with Gasteiger partial charge in [-0.2, -0.15) is 8.42 Å². The standard InChI is InChI=1S/C32H60N2O8S2/c1-2-3-4-5-6-7-8-9-10-11-12-13-14-15-16-17-25-41-29-31(42-32-33-22-20-23-34-32)30-43(35,36)27-21-26-40-24-18-19-28-44(37,38)39/h20,22-23,31H,2-19,21,24-30H2,1H3,(H,37,38,39). The first-order valence-corrected chi connectivity index (χ1v) is 20.4. The van der Waals surface area contributed by atoms with Crippen molar-refractivity contribution in [2.45, 2.75) is 135 Å². The average molecular weight is 665 g/mol. The van der Waals surface area contributed by atoms with Gasteiger partial charge in [0.25, 0.3) is 10.1 Å². The smallest absolute Gasteiger partial charge is 0.316 e. The van der Waals surface area contributed by atoms with E-state index in [0.29, 0.717) is 26.1 Å². The van der Waals surface area contributed by atoms with E-state index in [-0.39, 0.29) is 42.9 Å². The highest BCUT2D eigenvalue weighted by Gasteiger charge is 2.22. The lowest BCUT2D eigenvalue weighted by atomic mass is 10.0. The van der Waals surface area contributed by atoms with Crippen molar-refractivity contribution in [2.75, 3.05) is 43.7 Å². The summed E-state index contributed by atoms with van der Waals surface area (Å²) in [7, 11) is -7.41. The molecule has 1 N–H and O–H groups in total. The molecule has 0 aliphatic rings. The minimum Gasteiger partial charge on any atom is -0.457 e. The van der Waals surface area contributed by atoms with Crippen molar-refractivity contribution in [1.29, 1.82) is 0 Å². The van der Waals surface area contributed by atoms with Gasteiger partial charge in [-0.1, -0.05) is 103 Å². The van der Waals surface area contributed by atoms with Crippen molar-refractivity contribution in [3.05, 3.63) is 18.5 Å². The van der Waals surface area contributed by atoms with Gasteiger partial charge in [0, 0.05) is 32.2 Å². The molecule has 0 aliphatic carbocycles. The molecule has 1 aromatic rings. The number of hydrogen-bond donors (Lipinski definition) is 1. The van der Waals surface area contributed by atoms with Crippen molar-refractivity contribution in [3.8, 4) is 6.01 Å². The molecule has 44 heavy (non-hydrogen) atoms. The third-order valence-corrected chi connectivity index (χ3v) is 9.98. The van der Waals surface area contributed by atoms with Crippen LogP contribution in [0.3, 0.4) is 0 Å². The molecular formula is C32H60N2O8S2. The van der Waals surface area contributed by atoms with Crippen LogP contribution in [0.25, 0.3) is 0 Å². The zero-order valence-corrected chi connectivity index (χ0v) is 28.8. The Morgan fingerprint density at radius 2 is 1.11 bits per heavy atom. The van der Waals surface area contributed by atoms with E-state index in [0.717, 1.165) is 12.8 Å². The highest BCUT2D eigenvalue weighted by Crippen LogP contribution is 2.14. The van der Waals surface area contributed by atoms with Crippen LogP contribution >= 0.6 is 0 Å². The first-order valence-electron chi connectivity index (χ1n) is 17.0. The second-order valence-electron chi connectivity index (χ2n) is 11.7. The van der Waals surface area contributed by atoms with Gasteiger partial charge in [-0.3, -0.25) is 4.55 Å². The summed E-state index contributed by atoms with van der Waals surface area (Å²) in [5.74, 6) is -0.579. The van der Waals surface area contributed by atoms with Crippen molar-refractivity contribution < 1.29 is 35.6 Å². The zero-order valence-electron chi connectivity index (χ0n) is 27.2. The molecule has 258 valence electrons. The van der Waals surface area contributed by atoms with Crippen LogP contribution < -0.4 is 4.74 Å². The van der Waals surface area contributed by atoms with E-state index < -0.39 is 26.1 Å². The second-order valence-corrected chi connectivity index (χ2v) is 15.5. The fourth-order valence-corrected chi connectivity index (χ4v) is 6.94. The fourth-order valence-electron chi connectivity index (χ4n) is 4.92. The van der Waals surface area contributed by atoms with Gasteiger partial charge in [0.15, 0.2) is 9.84 Å². The van der Waals surface area contributed by atoms with Crippen LogP contribution in [-0.4, -0.2) is 81.1 Å². The van der Waals surface area contributed by atoms with Gasteiger partial charge < -0.3 is 14.2 Å². The minimum absolute atomic E-state index is 0.0628. The molecule has 0 aliphatic heterocycles. The predicted molar refractivity (Wildman–Crippen MR) is 177 cm³/mol. The fraction of sp³-hybridized carbons (Fsp3) is 0.875. The van der Waals surface area contributed by atoms with Gasteiger partial charge in [0.1, 0.15) is 6.10 Å². The van der Waals surface area contributed by atoms with Crippen LogP contribution in [0.5, 0.6) is 6.01 Å². The monoisotopic (exact) mass is 664 g/mol. The molecule has 12 heteroatoms. The molecule has 0 aromatic carbocycles. The van der Waals surface area contributed by atoms with Crippen LogP contribution in [0.1, 0.15) is 129 Å². The molecule has 0 radical (unpaired) electrons. The quantitative estimate of drug-likeness (QED) is 0.0632. The Morgan fingerprint density at radius 1 is 0.636 bits per heavy atom. The van der Waals surface area contributed by atoms with Crippen molar-refractivity contribution in [1.82, 2.24) is 9.97 Å². The Hall–Kier alpha value is -1.34. The van der Waals surface area contributed by atoms with Gasteiger partial charge in [-0.05, 0) is 31.7 Å². The average Bonchev–Trinajstić information content (AvgIpc) is 2.97. The Morgan fingerprint density at radius 3 is 1.66 bits per heavy atom. The molecule has 1 unspecified atom stereocenters. The molecule has 1 atom stereocenters. The van der Waals surface area contributed by atoms with E-state index in [9.17, 15) is 16.8 Å². The summed E-state index contributed by atoms with van der Waals surface area (Å²) in [6, 6.07) is 1.78. The summed E-state index contributed by atoms with van der Waals surface area (Å²) in [5, 5.41) is 0. The van der Waals surface area contributed by atoms with Gasteiger partial charge in [-0.25, -0.2) is 18.4 Å². The molecule has 0 saturated heterocycles. The SMILES string of the molecule is CCCCCCCCCCCCCCCCCCOCC(CS(=O)(=O)CCCOCCCCS(=O)(=O)O)Oc1ncccn1. The maximum Gasteiger partial charge on any atom is 0.316 e. The number of nitrogens with zero attached hydrogens (tertiary/aromatic N) is 2. The number of sulfone groups is 1. The van der Waals surface area contributed by atoms with Crippen LogP contribution in [0.2, 0.25) is 0 Å². The number of rotatable bonds is 32. The summed E-state index contributed by atoms with van der Waals surface area (Å²) in [4.78, 5) is 8.10. The number of unbranched alkanes of at least 4 members (excludes halogenated alkanes) is 16. The summed E-state index contributed by atoms with van der Waals surface area (Å²) >= 11 is 0. The van der Waals surface area contributed by atoms with E-state index in [2.05, 4.69) is 16.9 Å². The lowest BCUT2D eigenvalue weighted by Gasteiger charge is -2.18. The van der Waals surface area contributed by atoms with Crippen LogP contribution in [0.4, 0.5) is 0 Å². The van der Waals surface area contributed by atoms with E-state index in [1.165, 1.54) is 89.9 Å². The summed E-state index contributed by atoms with van der Waals surface area (Å²) in [6.07, 6.45) is 24.3. The molecule has 0 spiro atoms. The third kappa shape index (κ3) is 27.0. The Labute approximate surface area is 268 Å². The van der Waals surface area contributed by atoms with Gasteiger partial charge >= 0.3 is 6.01 Å². The van der Waals surface area contributed by atoms with E-state index >= 15 is 0 Å². The molecule has 0 fully saturated rings. The maximum absolute atomic E-state index is 12.7. The third-order valence-electron chi connectivity index (χ3n) is 7.38. The van der Waals surface area contributed by atoms with Crippen LogP contribution in [-0.2, 0) is 29.4 Å². The highest BCUT2D eigenvalue weighted by atomic mass is 32.2. The number of aromatic nitrogens is 2. The molecule has 10 nitrogen and oxygen atoms in total. The molecule has 1 heterocycles. The van der Waals surface area contributed by atoms with Crippen LogP contribution in [0.15, 0.2) is 18.5 Å². The first kappa shape index (κ1) is 40.7. The van der Waals surface area contributed by atoms with E-state index in [1.54, 1.807) is 18.5 Å². The molecular weight excluding hydrogens is 604 g/mol. The second kappa shape index (κ2) is 26.8. The minimum atomic E-state index is -3.96. The lowest BCUT2D eigenvalue weighted by Crippen LogP contribution is -2.33. The highest BCUT2D eigenvalue weighted by molar-refractivity contribution is 7.91. The molecule has 0 amide bonds.